The van der Waals surface area contributed by atoms with Crippen LogP contribution in [0.2, 0.25) is 0 Å². The second-order valence-electron chi connectivity index (χ2n) is 5.89. The van der Waals surface area contributed by atoms with E-state index in [0.29, 0.717) is 27.8 Å². The molecule has 3 rings (SSSR count). The summed E-state index contributed by atoms with van der Waals surface area (Å²) in [5.41, 5.74) is 1.97. The molecule has 0 amide bonds. The number of carbonyl (C=O) groups is 1. The van der Waals surface area contributed by atoms with E-state index < -0.39 is 5.97 Å². The van der Waals surface area contributed by atoms with Gasteiger partial charge in [0, 0.05) is 5.56 Å². The van der Waals surface area contributed by atoms with Gasteiger partial charge in [-0.25, -0.2) is 9.78 Å². The van der Waals surface area contributed by atoms with Crippen LogP contribution in [-0.2, 0) is 7.05 Å². The molecule has 3 aromatic rings. The van der Waals surface area contributed by atoms with Crippen molar-refractivity contribution in [2.24, 2.45) is 7.05 Å². The first kappa shape index (κ1) is 18.0. The van der Waals surface area contributed by atoms with Crippen molar-refractivity contribution >= 4 is 17.3 Å². The topological polar surface area (TPSA) is 103 Å². The van der Waals surface area contributed by atoms with Crippen LogP contribution in [0.5, 0.6) is 5.75 Å². The van der Waals surface area contributed by atoms with Crippen molar-refractivity contribution in [3.05, 3.63) is 28.8 Å². The lowest BCUT2D eigenvalue weighted by Gasteiger charge is -2.15. The zero-order valence-corrected chi connectivity index (χ0v) is 15.7. The van der Waals surface area contributed by atoms with E-state index in [1.54, 1.807) is 14.0 Å². The van der Waals surface area contributed by atoms with Gasteiger partial charge in [0.1, 0.15) is 15.6 Å². The Hall–Kier alpha value is -2.81. The predicted octanol–water partition coefficient (Wildman–Crippen LogP) is 3.18. The molecule has 1 N–H and O–H groups in total. The predicted molar refractivity (Wildman–Crippen MR) is 97.4 cm³/mol. The molecule has 1 atom stereocenters. The molecule has 8 nitrogen and oxygen atoms in total. The summed E-state index contributed by atoms with van der Waals surface area (Å²) in [6, 6.07) is 5.56. The molecule has 0 fully saturated rings. The van der Waals surface area contributed by atoms with Gasteiger partial charge in [-0.1, -0.05) is 6.92 Å². The van der Waals surface area contributed by atoms with Gasteiger partial charge in [-0.2, -0.15) is 4.80 Å². The van der Waals surface area contributed by atoms with E-state index in [0.717, 1.165) is 23.3 Å². The van der Waals surface area contributed by atoms with Gasteiger partial charge in [-0.15, -0.1) is 21.5 Å². The number of ether oxygens (including phenoxy) is 1. The Morgan fingerprint density at radius 3 is 2.77 bits per heavy atom. The second kappa shape index (κ2) is 7.20. The first-order valence-corrected chi connectivity index (χ1v) is 8.96. The third-order valence-electron chi connectivity index (χ3n) is 3.87. The minimum Gasteiger partial charge on any atom is -0.490 e. The maximum atomic E-state index is 11.3. The van der Waals surface area contributed by atoms with Crippen LogP contribution in [-0.4, -0.2) is 42.4 Å². The maximum Gasteiger partial charge on any atom is 0.347 e. The Morgan fingerprint density at radius 1 is 1.42 bits per heavy atom. The van der Waals surface area contributed by atoms with Gasteiger partial charge in [0.2, 0.25) is 5.82 Å². The number of aromatic nitrogens is 5. The molecule has 0 aliphatic carbocycles. The summed E-state index contributed by atoms with van der Waals surface area (Å²) in [5.74, 6) is 0.126. The molecule has 0 unspecified atom stereocenters. The zero-order valence-electron chi connectivity index (χ0n) is 14.9. The Balaban J connectivity index is 2.08. The highest BCUT2D eigenvalue weighted by molar-refractivity contribution is 7.17. The van der Waals surface area contributed by atoms with Gasteiger partial charge in [0.15, 0.2) is 0 Å². The molecular weight excluding hydrogens is 354 g/mol. The van der Waals surface area contributed by atoms with Crippen molar-refractivity contribution in [3.63, 3.8) is 0 Å². The van der Waals surface area contributed by atoms with Gasteiger partial charge in [-0.3, -0.25) is 0 Å². The lowest BCUT2D eigenvalue weighted by molar-refractivity contribution is 0.0701. The van der Waals surface area contributed by atoms with Gasteiger partial charge < -0.3 is 9.84 Å². The first-order chi connectivity index (χ1) is 12.4. The summed E-state index contributed by atoms with van der Waals surface area (Å²) in [6.45, 7) is 5.73. The molecule has 2 aromatic heterocycles. The summed E-state index contributed by atoms with van der Waals surface area (Å²) in [4.78, 5) is 17.3. The number of aromatic carboxylic acids is 1. The van der Waals surface area contributed by atoms with E-state index in [1.807, 2.05) is 32.0 Å². The van der Waals surface area contributed by atoms with E-state index in [2.05, 4.69) is 20.4 Å². The van der Waals surface area contributed by atoms with Crippen LogP contribution < -0.4 is 4.74 Å². The van der Waals surface area contributed by atoms with Crippen LogP contribution in [0.25, 0.3) is 22.0 Å². The van der Waals surface area contributed by atoms with Gasteiger partial charge in [0.05, 0.1) is 24.4 Å². The van der Waals surface area contributed by atoms with Gasteiger partial charge in [-0.05, 0) is 43.7 Å². The summed E-state index contributed by atoms with van der Waals surface area (Å²) in [6.07, 6.45) is 0.903. The SMILES string of the molecule is CC[C@@H](C)Oc1ccc(-c2nc(C)c(C(=O)O)s2)cc1-c1nnn(C)n1. The number of hydrogen-bond acceptors (Lipinski definition) is 7. The highest BCUT2D eigenvalue weighted by Gasteiger charge is 2.19. The van der Waals surface area contributed by atoms with Gasteiger partial charge >= 0.3 is 5.97 Å². The molecule has 0 bridgehead atoms. The van der Waals surface area contributed by atoms with Crippen molar-refractivity contribution in [2.75, 3.05) is 0 Å². The third-order valence-corrected chi connectivity index (χ3v) is 5.06. The molecule has 0 spiro atoms. The van der Waals surface area contributed by atoms with E-state index in [9.17, 15) is 9.90 Å². The normalized spacial score (nSPS) is 12.2. The average molecular weight is 373 g/mol. The van der Waals surface area contributed by atoms with Crippen LogP contribution in [0.1, 0.15) is 35.6 Å². The van der Waals surface area contributed by atoms with Crippen LogP contribution in [0.4, 0.5) is 0 Å². The lowest BCUT2D eigenvalue weighted by Crippen LogP contribution is -2.10. The largest absolute Gasteiger partial charge is 0.490 e. The lowest BCUT2D eigenvalue weighted by atomic mass is 10.1. The van der Waals surface area contributed by atoms with Crippen LogP contribution in [0, 0.1) is 6.92 Å². The molecule has 0 aliphatic heterocycles. The van der Waals surface area contributed by atoms with E-state index in [4.69, 9.17) is 4.74 Å². The summed E-state index contributed by atoms with van der Waals surface area (Å²) in [5, 5.41) is 22.1. The number of tetrazole rings is 1. The summed E-state index contributed by atoms with van der Waals surface area (Å²) < 4.78 is 5.99. The van der Waals surface area contributed by atoms with Crippen molar-refractivity contribution in [3.8, 4) is 27.7 Å². The summed E-state index contributed by atoms with van der Waals surface area (Å²) in [7, 11) is 1.69. The van der Waals surface area contributed by atoms with E-state index >= 15 is 0 Å². The molecule has 0 saturated carbocycles. The summed E-state index contributed by atoms with van der Waals surface area (Å²) >= 11 is 1.14. The fourth-order valence-electron chi connectivity index (χ4n) is 2.35. The first-order valence-electron chi connectivity index (χ1n) is 8.15. The minimum atomic E-state index is -0.973. The number of aryl methyl sites for hydroxylation is 2. The Bertz CT molecular complexity index is 950. The minimum absolute atomic E-state index is 0.0389. The van der Waals surface area contributed by atoms with Crippen LogP contribution >= 0.6 is 11.3 Å². The Morgan fingerprint density at radius 2 is 2.19 bits per heavy atom. The van der Waals surface area contributed by atoms with Gasteiger partial charge in [0.25, 0.3) is 0 Å². The molecule has 0 saturated heterocycles. The fourth-order valence-corrected chi connectivity index (χ4v) is 3.25. The molecular formula is C17H19N5O3S. The molecule has 136 valence electrons. The molecule has 9 heteroatoms. The van der Waals surface area contributed by atoms with Crippen LogP contribution in [0.3, 0.4) is 0 Å². The van der Waals surface area contributed by atoms with Crippen molar-refractivity contribution in [2.45, 2.75) is 33.3 Å². The number of benzene rings is 1. The quantitative estimate of drug-likeness (QED) is 0.708. The van der Waals surface area contributed by atoms with Crippen molar-refractivity contribution < 1.29 is 14.6 Å². The van der Waals surface area contributed by atoms with Crippen molar-refractivity contribution in [1.82, 2.24) is 25.2 Å². The second-order valence-corrected chi connectivity index (χ2v) is 6.89. The monoisotopic (exact) mass is 373 g/mol. The molecule has 1 aromatic carbocycles. The van der Waals surface area contributed by atoms with Crippen LogP contribution in [0.15, 0.2) is 18.2 Å². The molecule has 26 heavy (non-hydrogen) atoms. The fraction of sp³-hybridized carbons (Fsp3) is 0.353. The maximum absolute atomic E-state index is 11.3. The Kier molecular flexibility index (Phi) is 4.99. The molecule has 0 radical (unpaired) electrons. The highest BCUT2D eigenvalue weighted by atomic mass is 32.1. The highest BCUT2D eigenvalue weighted by Crippen LogP contribution is 2.35. The number of rotatable bonds is 6. The standard InChI is InChI=1S/C17H19N5O3S/c1-5-9(2)25-13-7-6-11(8-12(13)15-19-21-22(4)20-15)16-18-10(3)14(26-16)17(23)24/h6-9H,5H2,1-4H3,(H,23,24)/t9-/m1/s1. The molecule has 0 aliphatic rings. The molecule has 2 heterocycles. The van der Waals surface area contributed by atoms with Crippen molar-refractivity contribution in [1.29, 1.82) is 0 Å². The number of carboxylic acids is 1. The number of hydrogen-bond donors (Lipinski definition) is 1. The third kappa shape index (κ3) is 3.57. The zero-order chi connectivity index (χ0) is 18.8. The number of thiazole rings is 1. The number of nitrogens with zero attached hydrogens (tertiary/aromatic N) is 5. The smallest absolute Gasteiger partial charge is 0.347 e. The Labute approximate surface area is 154 Å². The van der Waals surface area contributed by atoms with E-state index in [-0.39, 0.29) is 11.0 Å². The van der Waals surface area contributed by atoms with E-state index in [1.165, 1.54) is 4.80 Å². The number of carboxylic acid groups (broad SMARTS) is 1. The average Bonchev–Trinajstić information content (AvgIpc) is 3.21.